The molecule has 0 aliphatic carbocycles. The van der Waals surface area contributed by atoms with E-state index in [9.17, 15) is 18.4 Å². The largest absolute Gasteiger partial charge is 0.488 e. The van der Waals surface area contributed by atoms with Gasteiger partial charge in [0.2, 0.25) is 5.91 Å². The molecule has 0 saturated carbocycles. The Bertz CT molecular complexity index is 1190. The van der Waals surface area contributed by atoms with Crippen LogP contribution >= 0.6 is 11.3 Å². The van der Waals surface area contributed by atoms with Gasteiger partial charge in [0.25, 0.3) is 5.91 Å². The van der Waals surface area contributed by atoms with Crippen molar-refractivity contribution in [3.05, 3.63) is 87.6 Å². The van der Waals surface area contributed by atoms with Crippen LogP contribution in [0.3, 0.4) is 0 Å². The molecule has 1 aliphatic heterocycles. The Kier molecular flexibility index (Phi) is 8.09. The summed E-state index contributed by atoms with van der Waals surface area (Å²) in [5.41, 5.74) is 0.851. The Morgan fingerprint density at radius 2 is 1.83 bits per heavy atom. The number of carbonyl (C=O) groups excluding carboxylic acids is 2. The molecule has 184 valence electrons. The van der Waals surface area contributed by atoms with E-state index < -0.39 is 23.6 Å². The third kappa shape index (κ3) is 5.68. The lowest BCUT2D eigenvalue weighted by Crippen LogP contribution is -2.48. The average Bonchev–Trinajstić information content (AvgIpc) is 3.35. The number of methoxy groups -OCH3 is 1. The fraction of sp³-hybridized carbons (Fsp3) is 0.308. The van der Waals surface area contributed by atoms with Crippen LogP contribution in [0.5, 0.6) is 5.75 Å². The highest BCUT2D eigenvalue weighted by Crippen LogP contribution is 2.34. The first-order chi connectivity index (χ1) is 17.0. The van der Waals surface area contributed by atoms with Crippen molar-refractivity contribution in [3.8, 4) is 5.75 Å². The van der Waals surface area contributed by atoms with E-state index in [2.05, 4.69) is 0 Å². The highest BCUT2D eigenvalue weighted by Gasteiger charge is 2.34. The molecule has 2 heterocycles. The maximum absolute atomic E-state index is 14.3. The first-order valence-corrected chi connectivity index (χ1v) is 12.1. The van der Waals surface area contributed by atoms with Crippen molar-refractivity contribution in [1.29, 1.82) is 0 Å². The highest BCUT2D eigenvalue weighted by molar-refractivity contribution is 7.10. The van der Waals surface area contributed by atoms with Crippen LogP contribution in [0.1, 0.15) is 26.8 Å². The van der Waals surface area contributed by atoms with Crippen LogP contribution in [0.2, 0.25) is 0 Å². The van der Waals surface area contributed by atoms with Gasteiger partial charge in [-0.1, -0.05) is 24.3 Å². The van der Waals surface area contributed by atoms with Crippen molar-refractivity contribution in [2.24, 2.45) is 0 Å². The number of halogens is 2. The summed E-state index contributed by atoms with van der Waals surface area (Å²) in [6.07, 6.45) is 0.675. The standard InChI is InChI=1S/C26H26F2N2O4S/c1-33-14-13-29(26(32)18-6-2-3-7-20(18)27)16-25(31)30-12-10-24-19(11-15-35-24)22(30)17-34-23-9-5-4-8-21(23)28/h2-9,11,15,22H,10,12-14,16-17H2,1H3. The van der Waals surface area contributed by atoms with Crippen molar-refractivity contribution in [2.45, 2.75) is 12.5 Å². The Morgan fingerprint density at radius 1 is 1.09 bits per heavy atom. The molecule has 3 aromatic rings. The van der Waals surface area contributed by atoms with Gasteiger partial charge in [0.1, 0.15) is 19.0 Å². The van der Waals surface area contributed by atoms with Gasteiger partial charge in [0, 0.05) is 25.1 Å². The maximum Gasteiger partial charge on any atom is 0.257 e. The Balaban J connectivity index is 1.54. The SMILES string of the molecule is COCCN(CC(=O)N1CCc2sccc2C1COc1ccccc1F)C(=O)c1ccccc1F. The fourth-order valence-electron chi connectivity index (χ4n) is 4.12. The topological polar surface area (TPSA) is 59.1 Å². The van der Waals surface area contributed by atoms with Crippen LogP contribution in [0, 0.1) is 11.6 Å². The maximum atomic E-state index is 14.3. The fourth-order valence-corrected chi connectivity index (χ4v) is 5.05. The minimum Gasteiger partial charge on any atom is -0.488 e. The van der Waals surface area contributed by atoms with Crippen LogP contribution in [0.15, 0.2) is 60.0 Å². The summed E-state index contributed by atoms with van der Waals surface area (Å²) in [5.74, 6) is -1.90. The number of nitrogens with zero attached hydrogens (tertiary/aromatic N) is 2. The number of para-hydroxylation sites is 1. The van der Waals surface area contributed by atoms with Gasteiger partial charge in [-0.05, 0) is 47.7 Å². The van der Waals surface area contributed by atoms with E-state index in [1.54, 1.807) is 40.5 Å². The second-order valence-corrected chi connectivity index (χ2v) is 9.09. The van der Waals surface area contributed by atoms with Crippen molar-refractivity contribution in [3.63, 3.8) is 0 Å². The van der Waals surface area contributed by atoms with Gasteiger partial charge in [0.15, 0.2) is 11.6 Å². The van der Waals surface area contributed by atoms with Gasteiger partial charge >= 0.3 is 0 Å². The Labute approximate surface area is 206 Å². The van der Waals surface area contributed by atoms with Gasteiger partial charge in [-0.2, -0.15) is 0 Å². The monoisotopic (exact) mass is 500 g/mol. The lowest BCUT2D eigenvalue weighted by molar-refractivity contribution is -0.135. The number of ether oxygens (including phenoxy) is 2. The zero-order chi connectivity index (χ0) is 24.8. The number of amides is 2. The van der Waals surface area contributed by atoms with Crippen molar-refractivity contribution in [2.75, 3.05) is 40.0 Å². The molecule has 0 radical (unpaired) electrons. The lowest BCUT2D eigenvalue weighted by Gasteiger charge is -2.37. The number of fused-ring (bicyclic) bond motifs is 1. The Hall–Kier alpha value is -3.30. The Morgan fingerprint density at radius 3 is 2.57 bits per heavy atom. The van der Waals surface area contributed by atoms with E-state index in [-0.39, 0.29) is 43.5 Å². The molecule has 4 rings (SSSR count). The predicted molar refractivity (Wildman–Crippen MR) is 129 cm³/mol. The first kappa shape index (κ1) is 24.8. The molecule has 9 heteroatoms. The molecule has 2 aromatic carbocycles. The molecule has 1 aromatic heterocycles. The van der Waals surface area contributed by atoms with Gasteiger partial charge in [-0.25, -0.2) is 8.78 Å². The highest BCUT2D eigenvalue weighted by atomic mass is 32.1. The molecule has 0 N–H and O–H groups in total. The van der Waals surface area contributed by atoms with Gasteiger partial charge in [-0.15, -0.1) is 11.3 Å². The lowest BCUT2D eigenvalue weighted by atomic mass is 10.0. The quantitative estimate of drug-likeness (QED) is 0.439. The summed E-state index contributed by atoms with van der Waals surface area (Å²) < 4.78 is 39.3. The number of thiophene rings is 1. The molecule has 0 fully saturated rings. The molecule has 1 atom stereocenters. The minimum absolute atomic E-state index is 0.0652. The van der Waals surface area contributed by atoms with Crippen LogP contribution in [-0.4, -0.2) is 61.6 Å². The van der Waals surface area contributed by atoms with Crippen LogP contribution in [0.25, 0.3) is 0 Å². The zero-order valence-electron chi connectivity index (χ0n) is 19.3. The van der Waals surface area contributed by atoms with E-state index in [4.69, 9.17) is 9.47 Å². The molecule has 6 nitrogen and oxygen atoms in total. The molecule has 35 heavy (non-hydrogen) atoms. The van der Waals surface area contributed by atoms with E-state index in [1.807, 2.05) is 11.4 Å². The normalized spacial score (nSPS) is 14.9. The second-order valence-electron chi connectivity index (χ2n) is 8.09. The summed E-state index contributed by atoms with van der Waals surface area (Å²) in [6, 6.07) is 13.3. The van der Waals surface area contributed by atoms with Crippen LogP contribution in [-0.2, 0) is 16.0 Å². The number of benzene rings is 2. The summed E-state index contributed by atoms with van der Waals surface area (Å²) in [7, 11) is 1.49. The zero-order valence-corrected chi connectivity index (χ0v) is 20.1. The van der Waals surface area contributed by atoms with Gasteiger partial charge < -0.3 is 19.3 Å². The smallest absolute Gasteiger partial charge is 0.257 e. The molecular formula is C26H26F2N2O4S. The third-order valence-electron chi connectivity index (χ3n) is 5.93. The van der Waals surface area contributed by atoms with Crippen LogP contribution in [0.4, 0.5) is 8.78 Å². The van der Waals surface area contributed by atoms with Gasteiger partial charge in [0.05, 0.1) is 18.2 Å². The van der Waals surface area contributed by atoms with E-state index in [0.717, 1.165) is 10.4 Å². The molecule has 1 unspecified atom stereocenters. The number of carbonyl (C=O) groups is 2. The molecule has 2 amide bonds. The number of hydrogen-bond donors (Lipinski definition) is 0. The number of rotatable bonds is 9. The summed E-state index contributed by atoms with van der Waals surface area (Å²) in [5, 5.41) is 1.96. The summed E-state index contributed by atoms with van der Waals surface area (Å²) >= 11 is 1.61. The van der Waals surface area contributed by atoms with Crippen molar-refractivity contribution >= 4 is 23.2 Å². The van der Waals surface area contributed by atoms with E-state index in [0.29, 0.717) is 13.0 Å². The molecule has 0 bridgehead atoms. The predicted octanol–water partition coefficient (Wildman–Crippen LogP) is 4.32. The van der Waals surface area contributed by atoms with E-state index >= 15 is 0 Å². The van der Waals surface area contributed by atoms with E-state index in [1.165, 1.54) is 36.3 Å². The summed E-state index contributed by atoms with van der Waals surface area (Å²) in [6.45, 7) is 0.580. The average molecular weight is 501 g/mol. The second kappa shape index (κ2) is 11.4. The first-order valence-electron chi connectivity index (χ1n) is 11.3. The molecule has 0 saturated heterocycles. The van der Waals surface area contributed by atoms with Crippen LogP contribution < -0.4 is 4.74 Å². The number of hydrogen-bond acceptors (Lipinski definition) is 5. The third-order valence-corrected chi connectivity index (χ3v) is 6.93. The minimum atomic E-state index is -0.649. The molecule has 1 aliphatic rings. The van der Waals surface area contributed by atoms with Crippen molar-refractivity contribution < 1.29 is 27.8 Å². The summed E-state index contributed by atoms with van der Waals surface area (Å²) in [4.78, 5) is 30.7. The molecular weight excluding hydrogens is 474 g/mol. The van der Waals surface area contributed by atoms with Gasteiger partial charge in [-0.3, -0.25) is 9.59 Å². The van der Waals surface area contributed by atoms with Crippen molar-refractivity contribution in [1.82, 2.24) is 9.80 Å². The molecule has 0 spiro atoms.